The molecule has 0 bridgehead atoms. The third-order valence-corrected chi connectivity index (χ3v) is 3.29. The Labute approximate surface area is 105 Å². The summed E-state index contributed by atoms with van der Waals surface area (Å²) in [4.78, 5) is 11.9. The maximum absolute atomic E-state index is 13.0. The molecule has 3 nitrogen and oxygen atoms in total. The van der Waals surface area contributed by atoms with Crippen LogP contribution in [0.2, 0.25) is 0 Å². The van der Waals surface area contributed by atoms with E-state index in [1.807, 2.05) is 7.05 Å². The first-order valence-corrected chi connectivity index (χ1v) is 5.94. The van der Waals surface area contributed by atoms with Gasteiger partial charge in [-0.05, 0) is 37.6 Å². The Morgan fingerprint density at radius 3 is 2.61 bits per heavy atom. The molecule has 0 atom stereocenters. The molecule has 1 amide bonds. The van der Waals surface area contributed by atoms with Gasteiger partial charge in [0.25, 0.3) is 0 Å². The fourth-order valence-corrected chi connectivity index (χ4v) is 1.99. The predicted molar refractivity (Wildman–Crippen MR) is 63.8 cm³/mol. The molecule has 18 heavy (non-hydrogen) atoms. The van der Waals surface area contributed by atoms with Crippen molar-refractivity contribution in [3.05, 3.63) is 35.4 Å². The van der Waals surface area contributed by atoms with Crippen LogP contribution in [-0.2, 0) is 11.3 Å². The van der Waals surface area contributed by atoms with Gasteiger partial charge in [-0.25, -0.2) is 8.78 Å². The summed E-state index contributed by atoms with van der Waals surface area (Å²) in [5.74, 6) is -1.79. The first-order chi connectivity index (χ1) is 8.57. The molecule has 2 N–H and O–H groups in total. The predicted octanol–water partition coefficient (Wildman–Crippen LogP) is 1.58. The molecule has 0 saturated heterocycles. The average Bonchev–Trinajstić information content (AvgIpc) is 3.12. The number of nitrogens with one attached hydrogen (secondary N) is 2. The van der Waals surface area contributed by atoms with Gasteiger partial charge < -0.3 is 10.6 Å². The van der Waals surface area contributed by atoms with Gasteiger partial charge in [0.2, 0.25) is 5.91 Å². The van der Waals surface area contributed by atoms with E-state index in [2.05, 4.69) is 10.6 Å². The normalized spacial score (nSPS) is 16.4. The van der Waals surface area contributed by atoms with Crippen molar-refractivity contribution in [2.24, 2.45) is 5.41 Å². The molecule has 98 valence electrons. The molecule has 1 aromatic carbocycles. The number of amides is 1. The molecule has 0 heterocycles. The van der Waals surface area contributed by atoms with Crippen LogP contribution in [-0.4, -0.2) is 19.5 Å². The maximum Gasteiger partial charge on any atom is 0.227 e. The lowest BCUT2D eigenvalue weighted by atomic mass is 10.1. The molecule has 1 aliphatic rings. The van der Waals surface area contributed by atoms with Gasteiger partial charge in [0.1, 0.15) is 0 Å². The lowest BCUT2D eigenvalue weighted by molar-refractivity contribution is -0.126. The summed E-state index contributed by atoms with van der Waals surface area (Å²) in [6, 6.07) is 3.64. The second kappa shape index (κ2) is 5.02. The largest absolute Gasteiger partial charge is 0.352 e. The van der Waals surface area contributed by atoms with Crippen molar-refractivity contribution in [1.82, 2.24) is 10.6 Å². The van der Waals surface area contributed by atoms with Crippen LogP contribution < -0.4 is 10.6 Å². The number of carbonyl (C=O) groups is 1. The van der Waals surface area contributed by atoms with Crippen molar-refractivity contribution < 1.29 is 13.6 Å². The van der Waals surface area contributed by atoms with Crippen molar-refractivity contribution in [1.29, 1.82) is 0 Å². The summed E-state index contributed by atoms with van der Waals surface area (Å²) in [6.07, 6.45) is 1.74. The molecule has 1 fully saturated rings. The smallest absolute Gasteiger partial charge is 0.227 e. The van der Waals surface area contributed by atoms with E-state index in [0.29, 0.717) is 12.1 Å². The summed E-state index contributed by atoms with van der Waals surface area (Å²) in [5.41, 5.74) is 0.260. The molecule has 1 saturated carbocycles. The lowest BCUT2D eigenvalue weighted by Gasteiger charge is -2.14. The van der Waals surface area contributed by atoms with E-state index in [1.54, 1.807) is 0 Å². The molecule has 0 aliphatic heterocycles. The molecule has 0 spiro atoms. The second-order valence-corrected chi connectivity index (χ2v) is 4.74. The van der Waals surface area contributed by atoms with E-state index in [9.17, 15) is 13.6 Å². The fourth-order valence-electron chi connectivity index (χ4n) is 1.99. The average molecular weight is 254 g/mol. The Bertz CT molecular complexity index is 458. The summed E-state index contributed by atoms with van der Waals surface area (Å²) >= 11 is 0. The highest BCUT2D eigenvalue weighted by Gasteiger charge is 2.48. The summed E-state index contributed by atoms with van der Waals surface area (Å²) in [5, 5.41) is 5.76. The van der Waals surface area contributed by atoms with E-state index in [0.717, 1.165) is 25.0 Å². The number of carbonyl (C=O) groups excluding carboxylic acids is 1. The van der Waals surface area contributed by atoms with Crippen LogP contribution >= 0.6 is 0 Å². The molecule has 1 aliphatic carbocycles. The SMILES string of the molecule is CNCC1(C(=O)NCc2ccc(F)c(F)c2)CC1. The first-order valence-electron chi connectivity index (χ1n) is 5.94. The molecule has 0 radical (unpaired) electrons. The fraction of sp³-hybridized carbons (Fsp3) is 0.462. The van der Waals surface area contributed by atoms with Crippen LogP contribution in [0.5, 0.6) is 0 Å². The van der Waals surface area contributed by atoms with Gasteiger partial charge in [-0.2, -0.15) is 0 Å². The van der Waals surface area contributed by atoms with Crippen molar-refractivity contribution in [3.8, 4) is 0 Å². The van der Waals surface area contributed by atoms with Gasteiger partial charge in [-0.3, -0.25) is 4.79 Å². The Balaban J connectivity index is 1.91. The second-order valence-electron chi connectivity index (χ2n) is 4.74. The summed E-state index contributed by atoms with van der Waals surface area (Å²) < 4.78 is 25.7. The minimum atomic E-state index is -0.891. The minimum absolute atomic E-state index is 0.0263. The van der Waals surface area contributed by atoms with E-state index in [4.69, 9.17) is 0 Å². The molecule has 1 aromatic rings. The van der Waals surface area contributed by atoms with Crippen molar-refractivity contribution in [2.45, 2.75) is 19.4 Å². The van der Waals surface area contributed by atoms with Crippen molar-refractivity contribution in [3.63, 3.8) is 0 Å². The van der Waals surface area contributed by atoms with Gasteiger partial charge in [0, 0.05) is 13.1 Å². The van der Waals surface area contributed by atoms with Crippen molar-refractivity contribution >= 4 is 5.91 Å². The highest BCUT2D eigenvalue weighted by Crippen LogP contribution is 2.45. The van der Waals surface area contributed by atoms with Gasteiger partial charge >= 0.3 is 0 Å². The van der Waals surface area contributed by atoms with Gasteiger partial charge in [0.05, 0.1) is 5.41 Å². The Kier molecular flexibility index (Phi) is 3.61. The summed E-state index contributed by atoms with van der Waals surface area (Å²) in [7, 11) is 1.81. The Morgan fingerprint density at radius 1 is 1.33 bits per heavy atom. The zero-order valence-electron chi connectivity index (χ0n) is 10.2. The highest BCUT2D eigenvalue weighted by atomic mass is 19.2. The monoisotopic (exact) mass is 254 g/mol. The van der Waals surface area contributed by atoms with Crippen LogP contribution in [0.1, 0.15) is 18.4 Å². The molecule has 0 unspecified atom stereocenters. The van der Waals surface area contributed by atoms with Gasteiger partial charge in [0.15, 0.2) is 11.6 Å². The zero-order valence-corrected chi connectivity index (χ0v) is 10.2. The van der Waals surface area contributed by atoms with Crippen LogP contribution in [0.25, 0.3) is 0 Å². The molecular weight excluding hydrogens is 238 g/mol. The first kappa shape index (κ1) is 13.0. The number of halogens is 2. The van der Waals surface area contributed by atoms with E-state index < -0.39 is 11.6 Å². The lowest BCUT2D eigenvalue weighted by Crippen LogP contribution is -2.37. The van der Waals surface area contributed by atoms with Crippen LogP contribution in [0.4, 0.5) is 8.78 Å². The minimum Gasteiger partial charge on any atom is -0.352 e. The Morgan fingerprint density at radius 2 is 2.06 bits per heavy atom. The topological polar surface area (TPSA) is 41.1 Å². The molecule has 0 aromatic heterocycles. The number of hydrogen-bond donors (Lipinski definition) is 2. The molecular formula is C13H16F2N2O. The number of benzene rings is 1. The zero-order chi connectivity index (χ0) is 13.2. The van der Waals surface area contributed by atoms with Crippen molar-refractivity contribution in [2.75, 3.05) is 13.6 Å². The van der Waals surface area contributed by atoms with Gasteiger partial charge in [-0.1, -0.05) is 6.07 Å². The van der Waals surface area contributed by atoms with E-state index in [1.165, 1.54) is 6.07 Å². The van der Waals surface area contributed by atoms with Crippen LogP contribution in [0.15, 0.2) is 18.2 Å². The Hall–Kier alpha value is -1.49. The standard InChI is InChI=1S/C13H16F2N2O/c1-16-8-13(4-5-13)12(18)17-7-9-2-3-10(14)11(15)6-9/h2-3,6,16H,4-5,7-8H2,1H3,(H,17,18). The summed E-state index contributed by atoms with van der Waals surface area (Å²) in [6.45, 7) is 0.873. The third kappa shape index (κ3) is 2.67. The van der Waals surface area contributed by atoms with Gasteiger partial charge in [-0.15, -0.1) is 0 Å². The number of rotatable bonds is 5. The maximum atomic E-state index is 13.0. The van der Waals surface area contributed by atoms with E-state index in [-0.39, 0.29) is 17.9 Å². The molecule has 2 rings (SSSR count). The number of hydrogen-bond acceptors (Lipinski definition) is 2. The van der Waals surface area contributed by atoms with E-state index >= 15 is 0 Å². The highest BCUT2D eigenvalue weighted by molar-refractivity contribution is 5.85. The quantitative estimate of drug-likeness (QED) is 0.837. The van der Waals surface area contributed by atoms with Crippen LogP contribution in [0.3, 0.4) is 0 Å². The molecule has 5 heteroatoms. The third-order valence-electron chi connectivity index (χ3n) is 3.29. The van der Waals surface area contributed by atoms with Crippen LogP contribution in [0, 0.1) is 17.0 Å².